The lowest BCUT2D eigenvalue weighted by Crippen LogP contribution is -2.30. The number of carbonyl (C=O) groups is 2. The molecule has 0 unspecified atom stereocenters. The Morgan fingerprint density at radius 1 is 1.16 bits per heavy atom. The Morgan fingerprint density at radius 2 is 1.74 bits per heavy atom. The van der Waals surface area contributed by atoms with E-state index in [9.17, 15) is 22.8 Å². The van der Waals surface area contributed by atoms with Crippen molar-refractivity contribution in [2.45, 2.75) is 20.0 Å². The molecular formula is C12H12F3NO3. The molecule has 1 rings (SSSR count). The molecule has 1 amide bonds. The Bertz CT molecular complexity index is 524. The molecule has 0 saturated carbocycles. The van der Waals surface area contributed by atoms with E-state index >= 15 is 0 Å². The van der Waals surface area contributed by atoms with Crippen LogP contribution in [0.15, 0.2) is 12.1 Å². The number of alkyl halides is 3. The zero-order valence-corrected chi connectivity index (χ0v) is 10.5. The molecular weight excluding hydrogens is 263 g/mol. The van der Waals surface area contributed by atoms with Gasteiger partial charge in [-0.15, -0.1) is 0 Å². The van der Waals surface area contributed by atoms with Crippen LogP contribution >= 0.6 is 0 Å². The maximum Gasteiger partial charge on any atom is 0.471 e. The highest BCUT2D eigenvalue weighted by Gasteiger charge is 2.39. The second kappa shape index (κ2) is 5.29. The van der Waals surface area contributed by atoms with Gasteiger partial charge in [0.05, 0.1) is 12.7 Å². The lowest BCUT2D eigenvalue weighted by Gasteiger charge is -2.13. The molecule has 0 fully saturated rings. The van der Waals surface area contributed by atoms with Gasteiger partial charge in [0.2, 0.25) is 0 Å². The van der Waals surface area contributed by atoms with Crippen LogP contribution in [0.25, 0.3) is 0 Å². The van der Waals surface area contributed by atoms with Crippen molar-refractivity contribution >= 4 is 17.6 Å². The smallest absolute Gasteiger partial charge is 0.465 e. The van der Waals surface area contributed by atoms with E-state index in [0.717, 1.165) is 7.11 Å². The third kappa shape index (κ3) is 3.46. The summed E-state index contributed by atoms with van der Waals surface area (Å²) in [6, 6.07) is 2.67. The average molecular weight is 275 g/mol. The van der Waals surface area contributed by atoms with Crippen molar-refractivity contribution in [3.63, 3.8) is 0 Å². The molecule has 0 atom stereocenters. The number of anilines is 1. The number of esters is 1. The lowest BCUT2D eigenvalue weighted by molar-refractivity contribution is -0.167. The molecule has 0 spiro atoms. The number of benzene rings is 1. The van der Waals surface area contributed by atoms with E-state index < -0.39 is 18.1 Å². The van der Waals surface area contributed by atoms with E-state index in [1.54, 1.807) is 12.2 Å². The van der Waals surface area contributed by atoms with Gasteiger partial charge in [0.15, 0.2) is 0 Å². The molecule has 0 aromatic heterocycles. The molecule has 0 bridgehead atoms. The summed E-state index contributed by atoms with van der Waals surface area (Å²) in [7, 11) is 1.16. The number of methoxy groups -OCH3 is 1. The maximum atomic E-state index is 12.2. The molecule has 104 valence electrons. The van der Waals surface area contributed by atoms with Gasteiger partial charge in [-0.25, -0.2) is 4.79 Å². The summed E-state index contributed by atoms with van der Waals surface area (Å²) >= 11 is 0. The average Bonchev–Trinajstić information content (AvgIpc) is 2.30. The highest BCUT2D eigenvalue weighted by Crippen LogP contribution is 2.24. The number of halogens is 3. The molecule has 0 aliphatic rings. The summed E-state index contributed by atoms with van der Waals surface area (Å²) in [4.78, 5) is 22.3. The third-order valence-electron chi connectivity index (χ3n) is 2.48. The molecule has 1 aromatic carbocycles. The van der Waals surface area contributed by atoms with Crippen LogP contribution in [-0.4, -0.2) is 25.2 Å². The van der Waals surface area contributed by atoms with Crippen LogP contribution in [0.5, 0.6) is 0 Å². The van der Waals surface area contributed by atoms with E-state index in [1.165, 1.54) is 19.1 Å². The van der Waals surface area contributed by atoms with Crippen molar-refractivity contribution in [3.8, 4) is 0 Å². The van der Waals surface area contributed by atoms with Crippen LogP contribution in [0.2, 0.25) is 0 Å². The predicted molar refractivity (Wildman–Crippen MR) is 61.9 cm³/mol. The number of hydrogen-bond donors (Lipinski definition) is 1. The molecule has 7 heteroatoms. The zero-order chi connectivity index (χ0) is 14.8. The normalized spacial score (nSPS) is 11.1. The van der Waals surface area contributed by atoms with Gasteiger partial charge in [0, 0.05) is 5.69 Å². The van der Waals surface area contributed by atoms with Gasteiger partial charge < -0.3 is 10.1 Å². The molecule has 0 aliphatic heterocycles. The maximum absolute atomic E-state index is 12.2. The molecule has 1 aromatic rings. The van der Waals surface area contributed by atoms with Gasteiger partial charge in [0.1, 0.15) is 0 Å². The van der Waals surface area contributed by atoms with Crippen LogP contribution in [0, 0.1) is 13.8 Å². The fourth-order valence-corrected chi connectivity index (χ4v) is 1.51. The predicted octanol–water partition coefficient (Wildman–Crippen LogP) is 2.59. The molecule has 1 N–H and O–H groups in total. The fraction of sp³-hybridized carbons (Fsp3) is 0.333. The van der Waals surface area contributed by atoms with E-state index in [1.807, 2.05) is 0 Å². The standard InChI is InChI=1S/C12H12F3NO3/c1-6-4-7(2)9(5-8(6)10(17)19-3)16-11(18)12(13,14)15/h4-5H,1-3H3,(H,16,18). The Kier molecular flexibility index (Phi) is 4.18. The largest absolute Gasteiger partial charge is 0.471 e. The Hall–Kier alpha value is -2.05. The molecule has 0 saturated heterocycles. The third-order valence-corrected chi connectivity index (χ3v) is 2.48. The minimum atomic E-state index is -4.98. The molecule has 0 radical (unpaired) electrons. The molecule has 0 heterocycles. The summed E-state index contributed by atoms with van der Waals surface area (Å²) in [5, 5.41) is 1.73. The second-order valence-corrected chi connectivity index (χ2v) is 3.93. The van der Waals surface area contributed by atoms with Gasteiger partial charge in [-0.3, -0.25) is 4.79 Å². The fourth-order valence-electron chi connectivity index (χ4n) is 1.51. The van der Waals surface area contributed by atoms with Crippen LogP contribution in [0.3, 0.4) is 0 Å². The lowest BCUT2D eigenvalue weighted by atomic mass is 10.0. The first kappa shape index (κ1) is 15.0. The number of ether oxygens (including phenoxy) is 1. The molecule has 0 aliphatic carbocycles. The number of amides is 1. The quantitative estimate of drug-likeness (QED) is 0.844. The van der Waals surface area contributed by atoms with Crippen molar-refractivity contribution in [1.29, 1.82) is 0 Å². The summed E-state index contributed by atoms with van der Waals surface area (Å²) in [5.41, 5.74) is 0.996. The van der Waals surface area contributed by atoms with Crippen molar-refractivity contribution in [3.05, 3.63) is 28.8 Å². The first-order valence-corrected chi connectivity index (χ1v) is 5.24. The SMILES string of the molecule is COC(=O)c1cc(NC(=O)C(F)(F)F)c(C)cc1C. The summed E-state index contributed by atoms with van der Waals surface area (Å²) in [5.74, 6) is -2.77. The Labute approximate surface area is 107 Å². The monoisotopic (exact) mass is 275 g/mol. The second-order valence-electron chi connectivity index (χ2n) is 3.93. The van der Waals surface area contributed by atoms with Crippen LogP contribution in [-0.2, 0) is 9.53 Å². The topological polar surface area (TPSA) is 55.4 Å². The number of carbonyl (C=O) groups excluding carboxylic acids is 2. The van der Waals surface area contributed by atoms with Gasteiger partial charge in [-0.1, -0.05) is 6.07 Å². The minimum Gasteiger partial charge on any atom is -0.465 e. The summed E-state index contributed by atoms with van der Waals surface area (Å²) in [6.07, 6.45) is -4.98. The van der Waals surface area contributed by atoms with E-state index in [2.05, 4.69) is 4.74 Å². The van der Waals surface area contributed by atoms with Crippen molar-refractivity contribution in [1.82, 2.24) is 0 Å². The summed E-state index contributed by atoms with van der Waals surface area (Å²) < 4.78 is 41.0. The Morgan fingerprint density at radius 3 is 2.21 bits per heavy atom. The number of nitrogens with one attached hydrogen (secondary N) is 1. The van der Waals surface area contributed by atoms with E-state index in [4.69, 9.17) is 0 Å². The molecule has 4 nitrogen and oxygen atoms in total. The Balaban J connectivity index is 3.15. The van der Waals surface area contributed by atoms with Gasteiger partial charge in [-0.2, -0.15) is 13.2 Å². The number of aryl methyl sites for hydroxylation is 2. The minimum absolute atomic E-state index is 0.0756. The van der Waals surface area contributed by atoms with Crippen molar-refractivity contribution in [2.24, 2.45) is 0 Å². The van der Waals surface area contributed by atoms with Gasteiger partial charge in [0.25, 0.3) is 0 Å². The number of hydrogen-bond acceptors (Lipinski definition) is 3. The highest BCUT2D eigenvalue weighted by atomic mass is 19.4. The van der Waals surface area contributed by atoms with Crippen molar-refractivity contribution < 1.29 is 27.5 Å². The highest BCUT2D eigenvalue weighted by molar-refractivity contribution is 5.98. The van der Waals surface area contributed by atoms with Crippen molar-refractivity contribution in [2.75, 3.05) is 12.4 Å². The van der Waals surface area contributed by atoms with Crippen LogP contribution in [0.4, 0.5) is 18.9 Å². The zero-order valence-electron chi connectivity index (χ0n) is 10.5. The van der Waals surface area contributed by atoms with E-state index in [-0.39, 0.29) is 11.3 Å². The van der Waals surface area contributed by atoms with Crippen LogP contribution < -0.4 is 5.32 Å². The first-order valence-electron chi connectivity index (χ1n) is 5.24. The van der Waals surface area contributed by atoms with E-state index in [0.29, 0.717) is 11.1 Å². The van der Waals surface area contributed by atoms with Gasteiger partial charge in [-0.05, 0) is 31.0 Å². The summed E-state index contributed by atoms with van der Waals surface area (Å²) in [6.45, 7) is 3.15. The van der Waals surface area contributed by atoms with Gasteiger partial charge >= 0.3 is 18.1 Å². The molecule has 19 heavy (non-hydrogen) atoms. The number of rotatable bonds is 2. The first-order chi connectivity index (χ1) is 8.66. The van der Waals surface area contributed by atoms with Crippen LogP contribution in [0.1, 0.15) is 21.5 Å².